The molecule has 5 aromatic carbocycles. The molecule has 0 spiro atoms. The van der Waals surface area contributed by atoms with Gasteiger partial charge in [-0.25, -0.2) is 10.4 Å². The number of imidazole rings is 1. The van der Waals surface area contributed by atoms with Crippen LogP contribution >= 0.6 is 23.4 Å². The van der Waals surface area contributed by atoms with Crippen LogP contribution in [0.3, 0.4) is 0 Å². The van der Waals surface area contributed by atoms with E-state index in [9.17, 15) is 4.79 Å². The zero-order valence-corrected chi connectivity index (χ0v) is 21.9. The topological polar surface area (TPSA) is 59.3 Å². The normalized spacial score (nSPS) is 11.6. The Morgan fingerprint density at radius 3 is 2.32 bits per heavy atom. The number of fused-ring (bicyclic) bond motifs is 3. The lowest BCUT2D eigenvalue weighted by molar-refractivity contribution is -0.118. The van der Waals surface area contributed by atoms with Gasteiger partial charge in [0.15, 0.2) is 5.16 Å². The van der Waals surface area contributed by atoms with Gasteiger partial charge in [-0.15, -0.1) is 0 Å². The van der Waals surface area contributed by atoms with Crippen LogP contribution in [-0.4, -0.2) is 27.4 Å². The van der Waals surface area contributed by atoms with E-state index in [-0.39, 0.29) is 11.7 Å². The maximum Gasteiger partial charge on any atom is 0.250 e. The second-order valence-electron chi connectivity index (χ2n) is 8.88. The predicted octanol–water partition coefficient (Wildman–Crippen LogP) is 7.29. The van der Waals surface area contributed by atoms with Crippen LogP contribution in [0.5, 0.6) is 0 Å². The molecule has 0 aliphatic heterocycles. The summed E-state index contributed by atoms with van der Waals surface area (Å²) in [5.41, 5.74) is 6.54. The SMILES string of the molecule is O=C(CSc1nc2ccccc2n1Cc1ccccc1Cl)NN=Cc1c2ccccc2cc2ccccc12. The molecule has 0 bridgehead atoms. The number of thioether (sulfide) groups is 1. The Kier molecular flexibility index (Phi) is 6.82. The van der Waals surface area contributed by atoms with Crippen LogP contribution < -0.4 is 5.43 Å². The van der Waals surface area contributed by atoms with Crippen molar-refractivity contribution in [3.8, 4) is 0 Å². The Morgan fingerprint density at radius 1 is 0.895 bits per heavy atom. The number of halogens is 1. The molecule has 38 heavy (non-hydrogen) atoms. The second-order valence-corrected chi connectivity index (χ2v) is 10.2. The molecule has 1 amide bonds. The van der Waals surface area contributed by atoms with E-state index in [4.69, 9.17) is 16.6 Å². The largest absolute Gasteiger partial charge is 0.314 e. The minimum absolute atomic E-state index is 0.180. The molecule has 6 aromatic rings. The lowest BCUT2D eigenvalue weighted by Gasteiger charge is -2.10. The van der Waals surface area contributed by atoms with Crippen LogP contribution in [0.15, 0.2) is 113 Å². The van der Waals surface area contributed by atoms with E-state index >= 15 is 0 Å². The number of hydrogen-bond donors (Lipinski definition) is 1. The molecule has 0 fully saturated rings. The fourth-order valence-electron chi connectivity index (χ4n) is 4.63. The van der Waals surface area contributed by atoms with Gasteiger partial charge in [-0.1, -0.05) is 102 Å². The molecular weight excluding hydrogens is 512 g/mol. The van der Waals surface area contributed by atoms with Gasteiger partial charge in [-0.05, 0) is 51.4 Å². The molecule has 0 aliphatic carbocycles. The van der Waals surface area contributed by atoms with Gasteiger partial charge in [0.2, 0.25) is 0 Å². The van der Waals surface area contributed by atoms with Gasteiger partial charge in [0, 0.05) is 10.6 Å². The third kappa shape index (κ3) is 4.88. The van der Waals surface area contributed by atoms with Crippen molar-refractivity contribution in [3.05, 3.63) is 119 Å². The average molecular weight is 535 g/mol. The van der Waals surface area contributed by atoms with E-state index in [1.165, 1.54) is 11.8 Å². The molecule has 6 rings (SSSR count). The van der Waals surface area contributed by atoms with E-state index in [2.05, 4.69) is 45.4 Å². The van der Waals surface area contributed by atoms with Crippen LogP contribution in [0, 0.1) is 0 Å². The maximum absolute atomic E-state index is 12.8. The summed E-state index contributed by atoms with van der Waals surface area (Å²) in [5, 5.41) is 10.2. The Hall–Kier alpha value is -4.13. The highest BCUT2D eigenvalue weighted by molar-refractivity contribution is 7.99. The molecule has 5 nitrogen and oxygen atoms in total. The summed E-state index contributed by atoms with van der Waals surface area (Å²) in [6.07, 6.45) is 1.74. The van der Waals surface area contributed by atoms with Crippen LogP contribution in [0.1, 0.15) is 11.1 Å². The number of carbonyl (C=O) groups excluding carboxylic acids is 1. The number of nitrogens with zero attached hydrogens (tertiary/aromatic N) is 3. The number of rotatable bonds is 7. The fourth-order valence-corrected chi connectivity index (χ4v) is 5.63. The van der Waals surface area contributed by atoms with Crippen molar-refractivity contribution >= 4 is 68.1 Å². The molecule has 0 saturated carbocycles. The molecule has 186 valence electrons. The number of benzene rings is 5. The van der Waals surface area contributed by atoms with Crippen LogP contribution in [0.4, 0.5) is 0 Å². The average Bonchev–Trinajstić information content (AvgIpc) is 3.30. The number of para-hydroxylation sites is 2. The minimum atomic E-state index is -0.202. The zero-order valence-electron chi connectivity index (χ0n) is 20.3. The highest BCUT2D eigenvalue weighted by Crippen LogP contribution is 2.28. The maximum atomic E-state index is 12.8. The summed E-state index contributed by atoms with van der Waals surface area (Å²) in [6.45, 7) is 0.566. The molecule has 0 unspecified atom stereocenters. The lowest BCUT2D eigenvalue weighted by Crippen LogP contribution is -2.20. The summed E-state index contributed by atoms with van der Waals surface area (Å²) in [7, 11) is 0. The Balaban J connectivity index is 1.21. The molecule has 0 atom stereocenters. The number of nitrogens with one attached hydrogen (secondary N) is 1. The molecule has 7 heteroatoms. The molecular formula is C31H23ClN4OS. The quantitative estimate of drug-likeness (QED) is 0.101. The summed E-state index contributed by atoms with van der Waals surface area (Å²) >= 11 is 7.81. The van der Waals surface area contributed by atoms with E-state index in [1.54, 1.807) is 6.21 Å². The first-order valence-electron chi connectivity index (χ1n) is 12.2. The van der Waals surface area contributed by atoms with E-state index < -0.39 is 0 Å². The molecule has 1 aromatic heterocycles. The van der Waals surface area contributed by atoms with Crippen LogP contribution in [-0.2, 0) is 11.3 Å². The molecule has 0 aliphatic rings. The van der Waals surface area contributed by atoms with E-state index in [1.807, 2.05) is 72.8 Å². The van der Waals surface area contributed by atoms with Crippen molar-refractivity contribution in [1.29, 1.82) is 0 Å². The van der Waals surface area contributed by atoms with Crippen LogP contribution in [0.2, 0.25) is 5.02 Å². The Labute approximate surface area is 229 Å². The lowest BCUT2D eigenvalue weighted by atomic mass is 9.97. The van der Waals surface area contributed by atoms with Gasteiger partial charge in [-0.2, -0.15) is 5.10 Å². The number of aromatic nitrogens is 2. The highest BCUT2D eigenvalue weighted by Gasteiger charge is 2.14. The van der Waals surface area contributed by atoms with Crippen molar-refractivity contribution in [1.82, 2.24) is 15.0 Å². The Bertz CT molecular complexity index is 1770. The number of carbonyl (C=O) groups is 1. The second kappa shape index (κ2) is 10.7. The number of hydrogen-bond acceptors (Lipinski definition) is 4. The van der Waals surface area contributed by atoms with Crippen molar-refractivity contribution in [2.75, 3.05) is 5.75 Å². The first kappa shape index (κ1) is 24.2. The third-order valence-corrected chi connectivity index (χ3v) is 7.78. The van der Waals surface area contributed by atoms with E-state index in [0.29, 0.717) is 11.6 Å². The highest BCUT2D eigenvalue weighted by atomic mass is 35.5. The molecule has 0 radical (unpaired) electrons. The summed E-state index contributed by atoms with van der Waals surface area (Å²) in [4.78, 5) is 17.5. The van der Waals surface area contributed by atoms with Gasteiger partial charge < -0.3 is 4.57 Å². The van der Waals surface area contributed by atoms with Gasteiger partial charge in [-0.3, -0.25) is 4.79 Å². The van der Waals surface area contributed by atoms with Crippen molar-refractivity contribution < 1.29 is 4.79 Å². The van der Waals surface area contributed by atoms with Gasteiger partial charge in [0.1, 0.15) is 0 Å². The molecule has 0 saturated heterocycles. The minimum Gasteiger partial charge on any atom is -0.314 e. The standard InChI is InChI=1S/C31H23ClN4OS/c32-27-14-6-3-11-23(27)19-36-29-16-8-7-15-28(29)34-31(36)38-20-30(37)35-33-18-26-24-12-4-1-9-21(24)17-22-10-2-5-13-25(22)26/h1-18H,19-20H2,(H,35,37). The van der Waals surface area contributed by atoms with Gasteiger partial charge in [0.05, 0.1) is 29.5 Å². The summed E-state index contributed by atoms with van der Waals surface area (Å²) in [6, 6.07) is 34.3. The summed E-state index contributed by atoms with van der Waals surface area (Å²) in [5.74, 6) is -0.0217. The smallest absolute Gasteiger partial charge is 0.250 e. The first-order valence-corrected chi connectivity index (χ1v) is 13.6. The van der Waals surface area contributed by atoms with Crippen molar-refractivity contribution in [2.45, 2.75) is 11.7 Å². The third-order valence-electron chi connectivity index (χ3n) is 6.43. The zero-order chi connectivity index (χ0) is 25.9. The molecule has 1 N–H and O–H groups in total. The number of hydrazone groups is 1. The monoisotopic (exact) mass is 534 g/mol. The van der Waals surface area contributed by atoms with Gasteiger partial charge in [0.25, 0.3) is 5.91 Å². The Morgan fingerprint density at radius 2 is 1.55 bits per heavy atom. The predicted molar refractivity (Wildman–Crippen MR) is 158 cm³/mol. The van der Waals surface area contributed by atoms with E-state index in [0.717, 1.165) is 48.9 Å². The number of amides is 1. The van der Waals surface area contributed by atoms with Gasteiger partial charge >= 0.3 is 0 Å². The van der Waals surface area contributed by atoms with Crippen molar-refractivity contribution in [2.24, 2.45) is 5.10 Å². The summed E-state index contributed by atoms with van der Waals surface area (Å²) < 4.78 is 2.10. The van der Waals surface area contributed by atoms with Crippen LogP contribution in [0.25, 0.3) is 32.6 Å². The molecule has 1 heterocycles. The fraction of sp³-hybridized carbons (Fsp3) is 0.0645. The first-order chi connectivity index (χ1) is 18.7. The van der Waals surface area contributed by atoms with Crippen molar-refractivity contribution in [3.63, 3.8) is 0 Å².